The van der Waals surface area contributed by atoms with Crippen LogP contribution in [0.15, 0.2) is 99.7 Å². The lowest BCUT2D eigenvalue weighted by Gasteiger charge is -2.03. The van der Waals surface area contributed by atoms with E-state index in [-0.39, 0.29) is 5.69 Å². The number of nitro groups is 1. The molecule has 0 fully saturated rings. The molecule has 31 heavy (non-hydrogen) atoms. The van der Waals surface area contributed by atoms with Crippen molar-refractivity contribution in [1.82, 2.24) is 4.98 Å². The number of hydrogen-bond donors (Lipinski definition) is 0. The van der Waals surface area contributed by atoms with E-state index in [0.717, 1.165) is 38.5 Å². The Kier molecular flexibility index (Phi) is 4.86. The highest BCUT2D eigenvalue weighted by Gasteiger charge is 2.13. The molecule has 0 aliphatic rings. The molecular weight excluding hydrogens is 410 g/mol. The minimum absolute atomic E-state index is 0.0523. The van der Waals surface area contributed by atoms with Crippen LogP contribution in [0.1, 0.15) is 0 Å². The van der Waals surface area contributed by atoms with Crippen molar-refractivity contribution >= 4 is 33.7 Å². The van der Waals surface area contributed by atoms with Crippen molar-refractivity contribution in [3.05, 3.63) is 106 Å². The van der Waals surface area contributed by atoms with Gasteiger partial charge in [-0.3, -0.25) is 10.1 Å². The Morgan fingerprint density at radius 2 is 1.68 bits per heavy atom. The number of aromatic nitrogens is 1. The van der Waals surface area contributed by atoms with E-state index in [2.05, 4.69) is 0 Å². The second kappa shape index (κ2) is 7.97. The topological polar surface area (TPSA) is 81.5 Å². The zero-order valence-electron chi connectivity index (χ0n) is 16.1. The Labute approximate surface area is 180 Å². The highest BCUT2D eigenvalue weighted by atomic mass is 32.1. The maximum atomic E-state index is 10.9. The Morgan fingerprint density at radius 3 is 2.45 bits per heavy atom. The lowest BCUT2D eigenvalue weighted by atomic mass is 10.1. The Balaban J connectivity index is 1.64. The summed E-state index contributed by atoms with van der Waals surface area (Å²) in [5.41, 5.74) is 4.41. The molecular formula is C24H15N3O3S. The molecule has 150 valence electrons. The van der Waals surface area contributed by atoms with Crippen molar-refractivity contribution in [3.8, 4) is 21.8 Å². The number of nitro benzene ring substituents is 1. The average molecular weight is 425 g/mol. The minimum atomic E-state index is -0.412. The van der Waals surface area contributed by atoms with Crippen molar-refractivity contribution in [1.29, 1.82) is 0 Å². The molecule has 6 nitrogen and oxygen atoms in total. The van der Waals surface area contributed by atoms with Crippen molar-refractivity contribution < 1.29 is 9.34 Å². The second-order valence-corrected chi connectivity index (χ2v) is 7.65. The number of para-hydroxylation sites is 2. The van der Waals surface area contributed by atoms with Gasteiger partial charge in [-0.25, -0.2) is 9.98 Å². The summed E-state index contributed by atoms with van der Waals surface area (Å²) in [4.78, 5) is 20.0. The molecule has 0 spiro atoms. The summed E-state index contributed by atoms with van der Waals surface area (Å²) in [5, 5.41) is 14.5. The van der Waals surface area contributed by atoms with Gasteiger partial charge in [0.15, 0.2) is 0 Å². The van der Waals surface area contributed by atoms with E-state index in [0.29, 0.717) is 5.55 Å². The van der Waals surface area contributed by atoms with Gasteiger partial charge in [0.25, 0.3) is 5.69 Å². The van der Waals surface area contributed by atoms with Gasteiger partial charge in [-0.05, 0) is 36.4 Å². The van der Waals surface area contributed by atoms with Gasteiger partial charge in [-0.15, -0.1) is 11.3 Å². The van der Waals surface area contributed by atoms with E-state index in [1.54, 1.807) is 12.1 Å². The summed E-state index contributed by atoms with van der Waals surface area (Å²) >= 11 is 1.48. The highest BCUT2D eigenvalue weighted by Crippen LogP contribution is 2.30. The molecule has 2 heterocycles. The molecule has 0 saturated heterocycles. The third kappa shape index (κ3) is 3.86. The predicted molar refractivity (Wildman–Crippen MR) is 121 cm³/mol. The van der Waals surface area contributed by atoms with Gasteiger partial charge in [-0.2, -0.15) is 0 Å². The van der Waals surface area contributed by atoms with Gasteiger partial charge in [0.05, 0.1) is 21.9 Å². The van der Waals surface area contributed by atoms with Crippen LogP contribution in [0.2, 0.25) is 0 Å². The number of rotatable bonds is 4. The minimum Gasteiger partial charge on any atom is -0.438 e. The van der Waals surface area contributed by atoms with Crippen LogP contribution >= 0.6 is 11.3 Å². The van der Waals surface area contributed by atoms with Crippen molar-refractivity contribution in [3.63, 3.8) is 0 Å². The van der Waals surface area contributed by atoms with E-state index in [1.165, 1.54) is 23.5 Å². The van der Waals surface area contributed by atoms with Crippen LogP contribution in [0.4, 0.5) is 11.4 Å². The largest absolute Gasteiger partial charge is 0.438 e. The van der Waals surface area contributed by atoms with Crippen LogP contribution in [-0.2, 0) is 0 Å². The Hall–Kier alpha value is -4.10. The lowest BCUT2D eigenvalue weighted by Crippen LogP contribution is -2.05. The molecule has 0 unspecified atom stereocenters. The molecule has 3 aromatic carbocycles. The number of hydrogen-bond acceptors (Lipinski definition) is 6. The molecule has 5 aromatic rings. The first-order valence-electron chi connectivity index (χ1n) is 9.51. The monoisotopic (exact) mass is 425 g/mol. The third-order valence-corrected chi connectivity index (χ3v) is 5.63. The van der Waals surface area contributed by atoms with E-state index < -0.39 is 4.92 Å². The molecule has 0 bridgehead atoms. The molecule has 2 aromatic heterocycles. The van der Waals surface area contributed by atoms with Crippen LogP contribution in [0.3, 0.4) is 0 Å². The molecule has 0 aliphatic carbocycles. The Bertz CT molecular complexity index is 1460. The normalized spacial score (nSPS) is 11.7. The van der Waals surface area contributed by atoms with Crippen LogP contribution < -0.4 is 5.55 Å². The predicted octanol–water partition coefficient (Wildman–Crippen LogP) is 6.36. The van der Waals surface area contributed by atoms with Gasteiger partial charge >= 0.3 is 0 Å². The summed E-state index contributed by atoms with van der Waals surface area (Å²) in [6, 6.07) is 25.8. The molecule has 0 aliphatic heterocycles. The zero-order chi connectivity index (χ0) is 21.2. The Morgan fingerprint density at radius 1 is 0.935 bits per heavy atom. The molecule has 0 radical (unpaired) electrons. The first kappa shape index (κ1) is 18.9. The molecule has 5 rings (SSSR count). The van der Waals surface area contributed by atoms with Crippen molar-refractivity contribution in [2.45, 2.75) is 0 Å². The van der Waals surface area contributed by atoms with Gasteiger partial charge in [0.2, 0.25) is 5.55 Å². The number of nitrogens with zero attached hydrogens (tertiary/aromatic N) is 3. The van der Waals surface area contributed by atoms with E-state index >= 15 is 0 Å². The summed E-state index contributed by atoms with van der Waals surface area (Å²) in [5.74, 6) is 0. The van der Waals surface area contributed by atoms with Gasteiger partial charge < -0.3 is 4.42 Å². The first-order valence-corrected chi connectivity index (χ1v) is 10.4. The number of fused-ring (bicyclic) bond motifs is 1. The zero-order valence-corrected chi connectivity index (χ0v) is 17.0. The number of non-ortho nitro benzene ring substituents is 1. The van der Waals surface area contributed by atoms with E-state index in [9.17, 15) is 10.1 Å². The number of benzene rings is 3. The van der Waals surface area contributed by atoms with Crippen LogP contribution in [-0.4, -0.2) is 9.91 Å². The van der Waals surface area contributed by atoms with Crippen LogP contribution in [0.25, 0.3) is 32.8 Å². The third-order valence-electron chi connectivity index (χ3n) is 4.75. The summed E-state index contributed by atoms with van der Waals surface area (Å²) in [7, 11) is 0. The lowest BCUT2D eigenvalue weighted by molar-refractivity contribution is -0.384. The summed E-state index contributed by atoms with van der Waals surface area (Å²) in [6.45, 7) is 0. The van der Waals surface area contributed by atoms with Gasteiger partial charge in [0.1, 0.15) is 10.6 Å². The SMILES string of the molecule is O=[N+]([O-])c1ccc(-c2csc(-c3cc4ccccc4oc3=Nc3ccccc3)n2)cc1. The smallest absolute Gasteiger partial charge is 0.269 e. The van der Waals surface area contributed by atoms with Crippen molar-refractivity contribution in [2.75, 3.05) is 0 Å². The highest BCUT2D eigenvalue weighted by molar-refractivity contribution is 7.13. The van der Waals surface area contributed by atoms with Crippen molar-refractivity contribution in [2.24, 2.45) is 4.99 Å². The summed E-state index contributed by atoms with van der Waals surface area (Å²) < 4.78 is 6.13. The summed E-state index contributed by atoms with van der Waals surface area (Å²) in [6.07, 6.45) is 0. The van der Waals surface area contributed by atoms with Gasteiger partial charge in [0, 0.05) is 28.5 Å². The maximum absolute atomic E-state index is 10.9. The fourth-order valence-electron chi connectivity index (χ4n) is 3.21. The molecule has 0 saturated carbocycles. The average Bonchev–Trinajstić information content (AvgIpc) is 3.29. The van der Waals surface area contributed by atoms with Crippen LogP contribution in [0, 0.1) is 10.1 Å². The van der Waals surface area contributed by atoms with Crippen LogP contribution in [0.5, 0.6) is 0 Å². The second-order valence-electron chi connectivity index (χ2n) is 6.79. The fourth-order valence-corrected chi connectivity index (χ4v) is 4.05. The maximum Gasteiger partial charge on any atom is 0.269 e. The standard InChI is InChI=1S/C24H15N3O3S/c28-27(29)19-12-10-16(11-13-19)21-15-31-24(26-21)20-14-17-6-4-5-9-22(17)30-23(20)25-18-7-2-1-3-8-18/h1-15H. The van der Waals surface area contributed by atoms with Gasteiger partial charge in [-0.1, -0.05) is 36.4 Å². The number of thiazole rings is 1. The van der Waals surface area contributed by atoms with E-state index in [4.69, 9.17) is 14.4 Å². The molecule has 0 atom stereocenters. The quantitative estimate of drug-likeness (QED) is 0.248. The fraction of sp³-hybridized carbons (Fsp3) is 0. The van der Waals surface area contributed by atoms with E-state index in [1.807, 2.05) is 66.0 Å². The molecule has 0 N–H and O–H groups in total. The first-order chi connectivity index (χ1) is 15.2. The molecule has 0 amide bonds. The molecule has 7 heteroatoms.